The molecule has 0 heterocycles. The van der Waals surface area contributed by atoms with E-state index in [1.807, 2.05) is 13.8 Å². The fraction of sp³-hybridized carbons (Fsp3) is 0.810. The second-order valence-corrected chi connectivity index (χ2v) is 8.93. The lowest BCUT2D eigenvalue weighted by atomic mass is 9.81. The Morgan fingerprint density at radius 1 is 0.897 bits per heavy atom. The van der Waals surface area contributed by atoms with E-state index < -0.39 is 41.8 Å². The van der Waals surface area contributed by atoms with Gasteiger partial charge in [0.15, 0.2) is 5.78 Å². The summed E-state index contributed by atoms with van der Waals surface area (Å²) < 4.78 is 0. The number of rotatable bonds is 14. The maximum absolute atomic E-state index is 12.7. The molecule has 4 N–H and O–H groups in total. The van der Waals surface area contributed by atoms with Crippen LogP contribution >= 0.6 is 0 Å². The van der Waals surface area contributed by atoms with Gasteiger partial charge < -0.3 is 20.8 Å². The van der Waals surface area contributed by atoms with E-state index in [0.29, 0.717) is 12.3 Å². The summed E-state index contributed by atoms with van der Waals surface area (Å²) in [5.74, 6) is -2.37. The fourth-order valence-corrected chi connectivity index (χ4v) is 2.81. The predicted octanol–water partition coefficient (Wildman–Crippen LogP) is 1.89. The van der Waals surface area contributed by atoms with Gasteiger partial charge in [0.25, 0.3) is 0 Å². The summed E-state index contributed by atoms with van der Waals surface area (Å²) in [4.78, 5) is 48.7. The molecule has 0 aliphatic heterocycles. The molecule has 0 aliphatic rings. The number of carboxylic acids is 1. The van der Waals surface area contributed by atoms with Crippen LogP contribution in [-0.4, -0.2) is 52.5 Å². The smallest absolute Gasteiger partial charge is 0.316 e. The molecule has 0 fully saturated rings. The Kier molecular flexibility index (Phi) is 11.7. The van der Waals surface area contributed by atoms with Crippen LogP contribution in [0.3, 0.4) is 0 Å². The number of hydrogen-bond acceptors (Lipinski definition) is 5. The van der Waals surface area contributed by atoms with Crippen LogP contribution in [-0.2, 0) is 19.2 Å². The van der Waals surface area contributed by atoms with Gasteiger partial charge in [-0.2, -0.15) is 0 Å². The van der Waals surface area contributed by atoms with Crippen molar-refractivity contribution in [1.29, 1.82) is 0 Å². The van der Waals surface area contributed by atoms with Gasteiger partial charge in [-0.15, -0.1) is 0 Å². The van der Waals surface area contributed by atoms with Crippen LogP contribution in [0.1, 0.15) is 73.6 Å². The van der Waals surface area contributed by atoms with Crippen molar-refractivity contribution < 1.29 is 29.4 Å². The number of nitrogens with one attached hydrogen (secondary N) is 2. The molecule has 0 aliphatic carbocycles. The van der Waals surface area contributed by atoms with Crippen LogP contribution in [0.4, 0.5) is 0 Å². The normalized spacial score (nSPS) is 13.8. The number of aliphatic hydroxyl groups excluding tert-OH is 1. The minimum absolute atomic E-state index is 0.0250. The van der Waals surface area contributed by atoms with Crippen molar-refractivity contribution in [3.05, 3.63) is 0 Å². The zero-order valence-corrected chi connectivity index (χ0v) is 18.6. The van der Waals surface area contributed by atoms with E-state index in [2.05, 4.69) is 24.5 Å². The zero-order chi connectivity index (χ0) is 22.8. The number of aliphatic carboxylic acids is 1. The van der Waals surface area contributed by atoms with Crippen LogP contribution in [0.15, 0.2) is 0 Å². The van der Waals surface area contributed by atoms with Gasteiger partial charge in [0.1, 0.15) is 11.5 Å². The lowest BCUT2D eigenvalue weighted by Gasteiger charge is -2.28. The molecule has 2 atom stereocenters. The van der Waals surface area contributed by atoms with Crippen molar-refractivity contribution in [1.82, 2.24) is 10.6 Å². The average molecular weight is 415 g/mol. The molecule has 0 saturated heterocycles. The molecule has 0 unspecified atom stereocenters. The van der Waals surface area contributed by atoms with Crippen LogP contribution in [0.2, 0.25) is 0 Å². The highest BCUT2D eigenvalue weighted by atomic mass is 16.4. The van der Waals surface area contributed by atoms with Crippen molar-refractivity contribution in [2.24, 2.45) is 17.3 Å². The lowest BCUT2D eigenvalue weighted by Crippen LogP contribution is -2.56. The van der Waals surface area contributed by atoms with Crippen molar-refractivity contribution in [2.45, 2.75) is 85.7 Å². The SMILES string of the molecule is CC(C)CCCCC(=O)N[C@@H](CO)C(=O)N[C@@H](CC(C)C)C(=O)C(C)(C)C(=O)O. The number of carboxylic acid groups (broad SMARTS) is 1. The van der Waals surface area contributed by atoms with E-state index in [9.17, 15) is 29.4 Å². The van der Waals surface area contributed by atoms with Crippen molar-refractivity contribution in [2.75, 3.05) is 6.61 Å². The molecule has 29 heavy (non-hydrogen) atoms. The topological polar surface area (TPSA) is 133 Å². The molecule has 0 rings (SSSR count). The number of amides is 2. The number of aliphatic hydroxyl groups is 1. The third kappa shape index (κ3) is 9.87. The third-order valence-corrected chi connectivity index (χ3v) is 4.76. The monoisotopic (exact) mass is 414 g/mol. The highest BCUT2D eigenvalue weighted by Crippen LogP contribution is 2.22. The van der Waals surface area contributed by atoms with Gasteiger partial charge in [-0.1, -0.05) is 40.5 Å². The number of Topliss-reactive ketones (excluding diaryl/α,β-unsaturated/α-hetero) is 1. The van der Waals surface area contributed by atoms with Gasteiger partial charge >= 0.3 is 5.97 Å². The Bertz CT molecular complexity index is 572. The molecule has 0 spiro atoms. The Balaban J connectivity index is 5.00. The standard InChI is InChI=1S/C21H38N2O6/c1-13(2)9-7-8-10-17(25)22-16(12-24)19(27)23-15(11-14(3)4)18(26)21(5,6)20(28)29/h13-16,24H,7-12H2,1-6H3,(H,22,25)(H,23,27)(H,28,29)/t15-,16-/m0/s1. The first-order chi connectivity index (χ1) is 13.3. The number of carbonyl (C=O) groups excluding carboxylic acids is 3. The van der Waals surface area contributed by atoms with Crippen molar-refractivity contribution in [3.8, 4) is 0 Å². The highest BCUT2D eigenvalue weighted by Gasteiger charge is 2.41. The van der Waals surface area contributed by atoms with E-state index >= 15 is 0 Å². The van der Waals surface area contributed by atoms with Crippen LogP contribution < -0.4 is 10.6 Å². The maximum atomic E-state index is 12.7. The van der Waals surface area contributed by atoms with Gasteiger partial charge in [-0.3, -0.25) is 19.2 Å². The average Bonchev–Trinajstić information content (AvgIpc) is 2.61. The van der Waals surface area contributed by atoms with Crippen LogP contribution in [0.5, 0.6) is 0 Å². The Labute approximate surface area is 173 Å². The minimum Gasteiger partial charge on any atom is -0.481 e. The number of unbranched alkanes of at least 4 members (excludes halogenated alkanes) is 1. The van der Waals surface area contributed by atoms with Gasteiger partial charge in [0.05, 0.1) is 12.6 Å². The molecular formula is C21H38N2O6. The largest absolute Gasteiger partial charge is 0.481 e. The molecule has 0 radical (unpaired) electrons. The minimum atomic E-state index is -1.67. The summed E-state index contributed by atoms with van der Waals surface area (Å²) in [5.41, 5.74) is -1.67. The number of carbonyl (C=O) groups is 4. The molecule has 0 bridgehead atoms. The first kappa shape index (κ1) is 27.0. The van der Waals surface area contributed by atoms with Gasteiger partial charge in [-0.25, -0.2) is 0 Å². The second kappa shape index (κ2) is 12.6. The van der Waals surface area contributed by atoms with Gasteiger partial charge in [-0.05, 0) is 38.5 Å². The summed E-state index contributed by atoms with van der Waals surface area (Å²) in [6, 6.07) is -2.21. The Morgan fingerprint density at radius 2 is 1.48 bits per heavy atom. The van der Waals surface area contributed by atoms with Gasteiger partial charge in [0.2, 0.25) is 11.8 Å². The Hall–Kier alpha value is -1.96. The molecule has 0 aromatic carbocycles. The molecule has 0 saturated carbocycles. The molecule has 8 nitrogen and oxygen atoms in total. The first-order valence-corrected chi connectivity index (χ1v) is 10.3. The lowest BCUT2D eigenvalue weighted by molar-refractivity contribution is -0.154. The Morgan fingerprint density at radius 3 is 1.93 bits per heavy atom. The summed E-state index contributed by atoms with van der Waals surface area (Å²) in [6.07, 6.45) is 3.09. The predicted molar refractivity (Wildman–Crippen MR) is 110 cm³/mol. The maximum Gasteiger partial charge on any atom is 0.316 e. The van der Waals surface area contributed by atoms with E-state index in [0.717, 1.165) is 12.8 Å². The molecule has 0 aromatic rings. The number of hydrogen-bond donors (Lipinski definition) is 4. The fourth-order valence-electron chi connectivity index (χ4n) is 2.81. The third-order valence-electron chi connectivity index (χ3n) is 4.76. The quantitative estimate of drug-likeness (QED) is 0.253. The summed E-state index contributed by atoms with van der Waals surface area (Å²) >= 11 is 0. The van der Waals surface area contributed by atoms with E-state index in [1.165, 1.54) is 13.8 Å². The van der Waals surface area contributed by atoms with Gasteiger partial charge in [0, 0.05) is 6.42 Å². The second-order valence-electron chi connectivity index (χ2n) is 8.93. The summed E-state index contributed by atoms with van der Waals surface area (Å²) in [7, 11) is 0. The van der Waals surface area contributed by atoms with Crippen molar-refractivity contribution >= 4 is 23.6 Å². The number of ketones is 1. The van der Waals surface area contributed by atoms with E-state index in [-0.39, 0.29) is 24.7 Å². The summed E-state index contributed by atoms with van der Waals surface area (Å²) in [5, 5.41) is 23.8. The molecule has 0 aromatic heterocycles. The van der Waals surface area contributed by atoms with Crippen molar-refractivity contribution in [3.63, 3.8) is 0 Å². The van der Waals surface area contributed by atoms with E-state index in [4.69, 9.17) is 0 Å². The first-order valence-electron chi connectivity index (χ1n) is 10.3. The molecule has 2 amide bonds. The highest BCUT2D eigenvalue weighted by molar-refractivity contribution is 6.06. The van der Waals surface area contributed by atoms with E-state index in [1.54, 1.807) is 0 Å². The van der Waals surface area contributed by atoms with Crippen LogP contribution in [0.25, 0.3) is 0 Å². The van der Waals surface area contributed by atoms with Crippen LogP contribution in [0, 0.1) is 17.3 Å². The zero-order valence-electron chi connectivity index (χ0n) is 18.6. The molecule has 8 heteroatoms. The molecular weight excluding hydrogens is 376 g/mol. The molecule has 168 valence electrons. The summed E-state index contributed by atoms with van der Waals surface area (Å²) in [6.45, 7) is 9.87.